The highest BCUT2D eigenvalue weighted by molar-refractivity contribution is 7.71. The Morgan fingerprint density at radius 3 is 2.35 bits per heavy atom. The maximum absolute atomic E-state index is 5.59. The van der Waals surface area contributed by atoms with E-state index in [0.29, 0.717) is 16.9 Å². The number of rotatable bonds is 1. The molecule has 2 aromatic rings. The minimum Gasteiger partial charge on any atom is -0.331 e. The lowest BCUT2D eigenvalue weighted by Gasteiger charge is -2.45. The molecule has 3 heteroatoms. The molecule has 0 amide bonds. The molecular weight excluding hydrogens is 264 g/mol. The number of para-hydroxylation sites is 2. The maximum atomic E-state index is 5.59. The van der Waals surface area contributed by atoms with Crippen molar-refractivity contribution in [3.63, 3.8) is 0 Å². The van der Waals surface area contributed by atoms with Crippen molar-refractivity contribution in [3.05, 3.63) is 29.0 Å². The van der Waals surface area contributed by atoms with E-state index in [-0.39, 0.29) is 0 Å². The van der Waals surface area contributed by atoms with Gasteiger partial charge in [0.05, 0.1) is 11.0 Å². The molecule has 0 bridgehead atoms. The summed E-state index contributed by atoms with van der Waals surface area (Å²) in [6.45, 7) is 9.55. The second kappa shape index (κ2) is 4.45. The minimum atomic E-state index is 0.375. The van der Waals surface area contributed by atoms with Crippen molar-refractivity contribution in [3.8, 4) is 0 Å². The van der Waals surface area contributed by atoms with Gasteiger partial charge in [-0.1, -0.05) is 39.8 Å². The minimum absolute atomic E-state index is 0.375. The molecule has 0 aliphatic heterocycles. The predicted octanol–water partition coefficient (Wildman–Crippen LogP) is 5.48. The molecule has 1 heterocycles. The van der Waals surface area contributed by atoms with Crippen LogP contribution in [0.1, 0.15) is 53.0 Å². The van der Waals surface area contributed by atoms with Gasteiger partial charge in [0, 0.05) is 6.04 Å². The first-order valence-corrected chi connectivity index (χ1v) is 7.88. The molecule has 3 rings (SSSR count). The van der Waals surface area contributed by atoms with Gasteiger partial charge in [0.2, 0.25) is 0 Å². The molecule has 1 fully saturated rings. The highest BCUT2D eigenvalue weighted by atomic mass is 32.1. The Bertz CT molecular complexity index is 674. The van der Waals surface area contributed by atoms with Crippen LogP contribution in [0.3, 0.4) is 0 Å². The zero-order chi connectivity index (χ0) is 14.5. The summed E-state index contributed by atoms with van der Waals surface area (Å²) < 4.78 is 3.22. The van der Waals surface area contributed by atoms with Crippen molar-refractivity contribution in [2.45, 2.75) is 53.0 Å². The van der Waals surface area contributed by atoms with E-state index in [1.165, 1.54) is 24.8 Å². The summed E-state index contributed by atoms with van der Waals surface area (Å²) in [6, 6.07) is 8.95. The Labute approximate surface area is 126 Å². The molecule has 1 aromatic carbocycles. The van der Waals surface area contributed by atoms with Gasteiger partial charge in [-0.05, 0) is 54.4 Å². The molecule has 1 saturated carbocycles. The molecule has 108 valence electrons. The van der Waals surface area contributed by atoms with Gasteiger partial charge in [-0.2, -0.15) is 0 Å². The van der Waals surface area contributed by atoms with E-state index < -0.39 is 0 Å². The molecule has 1 aromatic heterocycles. The van der Waals surface area contributed by atoms with Crippen LogP contribution in [0.2, 0.25) is 0 Å². The first-order chi connectivity index (χ1) is 9.27. The second-order valence-corrected chi connectivity index (χ2v) is 8.27. The lowest BCUT2D eigenvalue weighted by molar-refractivity contribution is 0.0733. The molecule has 2 nitrogen and oxygen atoms in total. The van der Waals surface area contributed by atoms with Gasteiger partial charge in [0.25, 0.3) is 0 Å². The summed E-state index contributed by atoms with van der Waals surface area (Å²) in [6.07, 6.45) is 3.69. The van der Waals surface area contributed by atoms with E-state index in [0.717, 1.165) is 10.3 Å². The Kier molecular flexibility index (Phi) is 3.09. The number of hydrogen-bond acceptors (Lipinski definition) is 1. The topological polar surface area (TPSA) is 20.7 Å². The number of nitrogens with zero attached hydrogens (tertiary/aromatic N) is 1. The fraction of sp³-hybridized carbons (Fsp3) is 0.588. The van der Waals surface area contributed by atoms with Gasteiger partial charge in [-0.15, -0.1) is 0 Å². The average molecular weight is 288 g/mol. The normalized spacial score (nSPS) is 22.2. The van der Waals surface area contributed by atoms with Gasteiger partial charge in [0.1, 0.15) is 0 Å². The van der Waals surface area contributed by atoms with Crippen molar-refractivity contribution in [1.82, 2.24) is 9.55 Å². The van der Waals surface area contributed by atoms with Crippen molar-refractivity contribution >= 4 is 23.3 Å². The van der Waals surface area contributed by atoms with Crippen LogP contribution in [0.15, 0.2) is 24.3 Å². The molecule has 1 aliphatic rings. The Balaban J connectivity index is 2.11. The molecule has 1 aliphatic carbocycles. The largest absolute Gasteiger partial charge is 0.331 e. The van der Waals surface area contributed by atoms with E-state index in [1.807, 2.05) is 0 Å². The Hall–Kier alpha value is -1.09. The third kappa shape index (κ3) is 2.44. The fourth-order valence-electron chi connectivity index (χ4n) is 4.41. The highest BCUT2D eigenvalue weighted by Crippen LogP contribution is 2.50. The van der Waals surface area contributed by atoms with Gasteiger partial charge in [-0.3, -0.25) is 0 Å². The Morgan fingerprint density at radius 2 is 1.70 bits per heavy atom. The van der Waals surface area contributed by atoms with Crippen LogP contribution in [-0.4, -0.2) is 9.55 Å². The van der Waals surface area contributed by atoms with Crippen LogP contribution < -0.4 is 0 Å². The summed E-state index contributed by atoms with van der Waals surface area (Å²) >= 11 is 5.59. The predicted molar refractivity (Wildman–Crippen MR) is 87.6 cm³/mol. The number of fused-ring (bicyclic) bond motifs is 1. The zero-order valence-corrected chi connectivity index (χ0v) is 13.7. The number of aromatic nitrogens is 2. The molecule has 0 unspecified atom stereocenters. The van der Waals surface area contributed by atoms with Crippen LogP contribution in [-0.2, 0) is 0 Å². The van der Waals surface area contributed by atoms with E-state index in [1.54, 1.807) is 0 Å². The van der Waals surface area contributed by atoms with Gasteiger partial charge < -0.3 is 9.55 Å². The van der Waals surface area contributed by atoms with E-state index in [2.05, 4.69) is 61.5 Å². The molecule has 0 atom stereocenters. The zero-order valence-electron chi connectivity index (χ0n) is 12.9. The lowest BCUT2D eigenvalue weighted by atomic mass is 9.63. The summed E-state index contributed by atoms with van der Waals surface area (Å²) in [5.41, 5.74) is 3.15. The van der Waals surface area contributed by atoms with Crippen molar-refractivity contribution in [2.24, 2.45) is 10.8 Å². The third-order valence-corrected chi connectivity index (χ3v) is 4.82. The number of benzene rings is 1. The van der Waals surface area contributed by atoms with Gasteiger partial charge in [0.15, 0.2) is 4.77 Å². The van der Waals surface area contributed by atoms with Crippen LogP contribution in [0.25, 0.3) is 11.0 Å². The quantitative estimate of drug-likeness (QED) is 0.689. The summed E-state index contributed by atoms with van der Waals surface area (Å²) in [4.78, 5) is 3.36. The SMILES string of the molecule is CC1(C)CC(n2c(=S)[nH]c3ccccc32)CC(C)(C)C1. The van der Waals surface area contributed by atoms with Crippen molar-refractivity contribution < 1.29 is 0 Å². The standard InChI is InChI=1S/C17H24N2S/c1-16(2)9-12(10-17(3,4)11-16)19-14-8-6-5-7-13(14)18-15(19)20/h5-8,12H,9-11H2,1-4H3,(H,18,20). The lowest BCUT2D eigenvalue weighted by Crippen LogP contribution is -2.35. The summed E-state index contributed by atoms with van der Waals surface area (Å²) in [5, 5.41) is 0. The molecule has 1 N–H and O–H groups in total. The summed E-state index contributed by atoms with van der Waals surface area (Å²) in [5.74, 6) is 0. The molecular formula is C17H24N2S. The molecule has 0 saturated heterocycles. The smallest absolute Gasteiger partial charge is 0.178 e. The monoisotopic (exact) mass is 288 g/mol. The Morgan fingerprint density at radius 1 is 1.10 bits per heavy atom. The highest BCUT2D eigenvalue weighted by Gasteiger charge is 2.39. The van der Waals surface area contributed by atoms with E-state index in [9.17, 15) is 0 Å². The third-order valence-electron chi connectivity index (χ3n) is 4.52. The number of imidazole rings is 1. The maximum Gasteiger partial charge on any atom is 0.178 e. The molecule has 0 spiro atoms. The second-order valence-electron chi connectivity index (χ2n) is 7.88. The van der Waals surface area contributed by atoms with Crippen molar-refractivity contribution in [1.29, 1.82) is 0 Å². The number of aromatic amines is 1. The number of nitrogens with one attached hydrogen (secondary N) is 1. The first kappa shape index (κ1) is 13.9. The van der Waals surface area contributed by atoms with Crippen LogP contribution in [0, 0.1) is 15.6 Å². The van der Waals surface area contributed by atoms with Crippen LogP contribution >= 0.6 is 12.2 Å². The van der Waals surface area contributed by atoms with Gasteiger partial charge in [-0.25, -0.2) is 0 Å². The van der Waals surface area contributed by atoms with Crippen molar-refractivity contribution in [2.75, 3.05) is 0 Å². The number of H-pyrrole nitrogens is 1. The number of hydrogen-bond donors (Lipinski definition) is 1. The first-order valence-electron chi connectivity index (χ1n) is 7.47. The molecule has 20 heavy (non-hydrogen) atoms. The van der Waals surface area contributed by atoms with Crippen LogP contribution in [0.5, 0.6) is 0 Å². The fourth-order valence-corrected chi connectivity index (χ4v) is 4.76. The van der Waals surface area contributed by atoms with E-state index >= 15 is 0 Å². The molecule has 0 radical (unpaired) electrons. The summed E-state index contributed by atoms with van der Waals surface area (Å²) in [7, 11) is 0. The average Bonchev–Trinajstić information content (AvgIpc) is 2.60. The van der Waals surface area contributed by atoms with Crippen LogP contribution in [0.4, 0.5) is 0 Å². The van der Waals surface area contributed by atoms with E-state index in [4.69, 9.17) is 12.2 Å². The van der Waals surface area contributed by atoms with Gasteiger partial charge >= 0.3 is 0 Å².